The van der Waals surface area contributed by atoms with Crippen molar-refractivity contribution in [2.45, 2.75) is 43.2 Å². The molecular formula is C29H26O5. The summed E-state index contributed by atoms with van der Waals surface area (Å²) in [4.78, 5) is 25.9. The van der Waals surface area contributed by atoms with Gasteiger partial charge in [-0.15, -0.1) is 0 Å². The van der Waals surface area contributed by atoms with Gasteiger partial charge < -0.3 is 14.2 Å². The van der Waals surface area contributed by atoms with Gasteiger partial charge in [-0.1, -0.05) is 66.7 Å². The van der Waals surface area contributed by atoms with E-state index >= 15 is 0 Å². The van der Waals surface area contributed by atoms with Crippen molar-refractivity contribution in [3.05, 3.63) is 108 Å². The largest absolute Gasteiger partial charge is 0.452 e. The predicted molar refractivity (Wildman–Crippen MR) is 125 cm³/mol. The molecule has 1 aliphatic carbocycles. The smallest absolute Gasteiger partial charge is 0.338 e. The van der Waals surface area contributed by atoms with E-state index in [4.69, 9.17) is 14.2 Å². The van der Waals surface area contributed by atoms with Crippen LogP contribution in [0.3, 0.4) is 0 Å². The van der Waals surface area contributed by atoms with Crippen molar-refractivity contribution in [2.75, 3.05) is 0 Å². The molecule has 2 aliphatic heterocycles. The van der Waals surface area contributed by atoms with E-state index in [0.29, 0.717) is 17.0 Å². The molecule has 6 rings (SSSR count). The summed E-state index contributed by atoms with van der Waals surface area (Å²) in [5, 5.41) is 0. The zero-order valence-corrected chi connectivity index (χ0v) is 18.7. The molecule has 34 heavy (non-hydrogen) atoms. The van der Waals surface area contributed by atoms with E-state index < -0.39 is 24.1 Å². The number of ether oxygens (including phenoxy) is 3. The third kappa shape index (κ3) is 3.70. The summed E-state index contributed by atoms with van der Waals surface area (Å²) in [6.45, 7) is 0. The van der Waals surface area contributed by atoms with Crippen LogP contribution in [0, 0.1) is 11.8 Å². The Hall–Kier alpha value is -3.44. The number of rotatable bonds is 5. The van der Waals surface area contributed by atoms with Gasteiger partial charge in [0, 0.05) is 0 Å². The summed E-state index contributed by atoms with van der Waals surface area (Å²) in [6, 6.07) is 28.4. The molecule has 6 unspecified atom stereocenters. The van der Waals surface area contributed by atoms with Crippen LogP contribution in [0.25, 0.3) is 0 Å². The van der Waals surface area contributed by atoms with Gasteiger partial charge in [0.2, 0.25) is 0 Å². The standard InChI is InChI=1S/C29H26O5/c30-28(19-12-6-2-7-13-19)33-26-24-22-16-21(18-10-4-1-5-11-18)17-23(22)25(32-24)27(26)34-29(31)20-14-8-3-9-15-20/h1-15,21-27H,16-17H2. The van der Waals surface area contributed by atoms with Crippen LogP contribution >= 0.6 is 0 Å². The van der Waals surface area contributed by atoms with Crippen LogP contribution in [0.5, 0.6) is 0 Å². The topological polar surface area (TPSA) is 61.8 Å². The minimum absolute atomic E-state index is 0.273. The van der Waals surface area contributed by atoms with Gasteiger partial charge in [0.25, 0.3) is 0 Å². The van der Waals surface area contributed by atoms with E-state index in [9.17, 15) is 9.59 Å². The Kier molecular flexibility index (Phi) is 5.42. The summed E-state index contributed by atoms with van der Waals surface area (Å²) < 4.78 is 18.3. The Bertz CT molecular complexity index is 1090. The van der Waals surface area contributed by atoms with E-state index in [-0.39, 0.29) is 24.0 Å². The fourth-order valence-corrected chi connectivity index (χ4v) is 6.06. The Morgan fingerprint density at radius 2 is 1.03 bits per heavy atom. The monoisotopic (exact) mass is 454 g/mol. The third-order valence-electron chi connectivity index (χ3n) is 7.57. The van der Waals surface area contributed by atoms with Crippen LogP contribution < -0.4 is 0 Å². The van der Waals surface area contributed by atoms with Crippen LogP contribution in [0.15, 0.2) is 91.0 Å². The van der Waals surface area contributed by atoms with Crippen molar-refractivity contribution in [2.24, 2.45) is 11.8 Å². The van der Waals surface area contributed by atoms with E-state index in [2.05, 4.69) is 24.3 Å². The quantitative estimate of drug-likeness (QED) is 0.506. The zero-order chi connectivity index (χ0) is 23.1. The van der Waals surface area contributed by atoms with Crippen molar-refractivity contribution in [1.82, 2.24) is 0 Å². The van der Waals surface area contributed by atoms with E-state index in [1.807, 2.05) is 18.2 Å². The molecule has 5 nitrogen and oxygen atoms in total. The highest BCUT2D eigenvalue weighted by Gasteiger charge is 2.65. The van der Waals surface area contributed by atoms with Crippen LogP contribution in [0.2, 0.25) is 0 Å². The number of hydrogen-bond acceptors (Lipinski definition) is 5. The Labute approximate surface area is 198 Å². The molecule has 6 atom stereocenters. The van der Waals surface area contributed by atoms with Crippen molar-refractivity contribution < 1.29 is 23.8 Å². The molecule has 2 bridgehead atoms. The van der Waals surface area contributed by atoms with Crippen LogP contribution in [-0.4, -0.2) is 36.4 Å². The molecule has 2 heterocycles. The Balaban J connectivity index is 1.26. The fourth-order valence-electron chi connectivity index (χ4n) is 6.06. The van der Waals surface area contributed by atoms with Gasteiger partial charge >= 0.3 is 11.9 Å². The number of esters is 2. The maximum atomic E-state index is 12.9. The third-order valence-corrected chi connectivity index (χ3v) is 7.57. The first-order valence-corrected chi connectivity index (χ1v) is 11.9. The van der Waals surface area contributed by atoms with Crippen molar-refractivity contribution in [3.63, 3.8) is 0 Å². The lowest BCUT2D eigenvalue weighted by Gasteiger charge is -2.33. The van der Waals surface area contributed by atoms with Gasteiger partial charge in [0.15, 0.2) is 12.2 Å². The molecule has 172 valence electrons. The summed E-state index contributed by atoms with van der Waals surface area (Å²) in [6.07, 6.45) is 0.167. The zero-order valence-electron chi connectivity index (χ0n) is 18.7. The first-order chi connectivity index (χ1) is 16.7. The van der Waals surface area contributed by atoms with E-state index in [1.54, 1.807) is 48.5 Å². The van der Waals surface area contributed by atoms with E-state index in [0.717, 1.165) is 12.8 Å². The van der Waals surface area contributed by atoms with Crippen LogP contribution in [0.4, 0.5) is 0 Å². The fraction of sp³-hybridized carbons (Fsp3) is 0.310. The molecule has 2 saturated heterocycles. The summed E-state index contributed by atoms with van der Waals surface area (Å²) >= 11 is 0. The average Bonchev–Trinajstić information content (AvgIpc) is 3.57. The maximum absolute atomic E-state index is 12.9. The molecule has 3 aromatic rings. The second-order valence-electron chi connectivity index (χ2n) is 9.44. The SMILES string of the molecule is O=C(OC1C2OC(C3CC(c4ccccc4)CC32)C1OC(=O)c1ccccc1)c1ccccc1. The highest BCUT2D eigenvalue weighted by Crippen LogP contribution is 2.57. The number of fused-ring (bicyclic) bond motifs is 5. The molecule has 0 aromatic heterocycles. The molecule has 1 saturated carbocycles. The molecule has 0 N–H and O–H groups in total. The molecule has 0 spiro atoms. The van der Waals surface area contributed by atoms with E-state index in [1.165, 1.54) is 5.56 Å². The first-order valence-electron chi connectivity index (χ1n) is 11.9. The highest BCUT2D eigenvalue weighted by molar-refractivity contribution is 5.90. The number of carbonyl (C=O) groups excluding carboxylic acids is 2. The van der Waals surface area contributed by atoms with Crippen molar-refractivity contribution >= 4 is 11.9 Å². The molecule has 3 aromatic carbocycles. The molecule has 0 radical (unpaired) electrons. The first kappa shape index (κ1) is 21.1. The summed E-state index contributed by atoms with van der Waals surface area (Å²) in [7, 11) is 0. The summed E-state index contributed by atoms with van der Waals surface area (Å²) in [5.74, 6) is 0.137. The summed E-state index contributed by atoms with van der Waals surface area (Å²) in [5.41, 5.74) is 2.28. The molecule has 0 amide bonds. The van der Waals surface area contributed by atoms with Gasteiger partial charge in [-0.2, -0.15) is 0 Å². The van der Waals surface area contributed by atoms with Gasteiger partial charge in [-0.3, -0.25) is 0 Å². The normalized spacial score (nSPS) is 31.1. The molecule has 3 fully saturated rings. The number of benzene rings is 3. The average molecular weight is 455 g/mol. The number of hydrogen-bond donors (Lipinski definition) is 0. The molecular weight excluding hydrogens is 428 g/mol. The minimum atomic E-state index is -0.624. The number of carbonyl (C=O) groups is 2. The Morgan fingerprint density at radius 1 is 0.618 bits per heavy atom. The van der Waals surface area contributed by atoms with Gasteiger partial charge in [-0.25, -0.2) is 9.59 Å². The lowest BCUT2D eigenvalue weighted by molar-refractivity contribution is -0.0540. The predicted octanol–water partition coefficient (Wildman–Crippen LogP) is 5.03. The van der Waals surface area contributed by atoms with Crippen molar-refractivity contribution in [3.8, 4) is 0 Å². The lowest BCUT2D eigenvalue weighted by atomic mass is 9.78. The Morgan fingerprint density at radius 3 is 1.47 bits per heavy atom. The van der Waals surface area contributed by atoms with Crippen LogP contribution in [-0.2, 0) is 14.2 Å². The van der Waals surface area contributed by atoms with Crippen LogP contribution in [0.1, 0.15) is 45.0 Å². The van der Waals surface area contributed by atoms with Gasteiger partial charge in [-0.05, 0) is 60.4 Å². The maximum Gasteiger partial charge on any atom is 0.338 e. The lowest BCUT2D eigenvalue weighted by Crippen LogP contribution is -2.49. The second-order valence-corrected chi connectivity index (χ2v) is 9.44. The van der Waals surface area contributed by atoms with Gasteiger partial charge in [0.05, 0.1) is 11.1 Å². The second kappa shape index (κ2) is 8.73. The minimum Gasteiger partial charge on any atom is -0.452 e. The molecule has 5 heteroatoms. The molecule has 3 aliphatic rings. The van der Waals surface area contributed by atoms with Gasteiger partial charge in [0.1, 0.15) is 12.2 Å². The highest BCUT2D eigenvalue weighted by atomic mass is 16.6. The van der Waals surface area contributed by atoms with Crippen molar-refractivity contribution in [1.29, 1.82) is 0 Å².